The van der Waals surface area contributed by atoms with E-state index in [9.17, 15) is 0 Å². The van der Waals surface area contributed by atoms with Gasteiger partial charge in [0, 0.05) is 0 Å². The third-order valence-electron chi connectivity index (χ3n) is 4.51. The lowest BCUT2D eigenvalue weighted by Crippen LogP contribution is -2.11. The molecule has 0 aromatic carbocycles. The lowest BCUT2D eigenvalue weighted by atomic mass is 9.86. The second kappa shape index (κ2) is 2.24. The zero-order valence-electron chi connectivity index (χ0n) is 8.86. The highest BCUT2D eigenvalue weighted by Gasteiger charge is 2.67. The molecule has 0 aromatic rings. The Balaban J connectivity index is 2.78. The molecule has 0 heterocycles. The van der Waals surface area contributed by atoms with Gasteiger partial charge in [-0.3, -0.25) is 0 Å². The molecule has 2 unspecified atom stereocenters. The minimum Gasteiger partial charge on any atom is -0.0651 e. The van der Waals surface area contributed by atoms with E-state index in [1.54, 1.807) is 0 Å². The van der Waals surface area contributed by atoms with Crippen LogP contribution in [-0.4, -0.2) is 0 Å². The molecular weight excluding hydrogens is 132 g/mol. The van der Waals surface area contributed by atoms with E-state index in [4.69, 9.17) is 0 Å². The van der Waals surface area contributed by atoms with Gasteiger partial charge in [-0.05, 0) is 22.7 Å². The molecule has 1 fully saturated rings. The van der Waals surface area contributed by atoms with E-state index in [0.717, 1.165) is 11.8 Å². The summed E-state index contributed by atoms with van der Waals surface area (Å²) in [6, 6.07) is 0. The van der Waals surface area contributed by atoms with E-state index in [0.29, 0.717) is 10.8 Å². The minimum absolute atomic E-state index is 0.593. The number of hydrogen-bond donors (Lipinski definition) is 0. The van der Waals surface area contributed by atoms with Gasteiger partial charge in [0.2, 0.25) is 0 Å². The fourth-order valence-electron chi connectivity index (χ4n) is 3.22. The van der Waals surface area contributed by atoms with Crippen LogP contribution in [-0.2, 0) is 0 Å². The number of rotatable bonds is 2. The normalized spacial score (nSPS) is 41.2. The smallest absolute Gasteiger partial charge is 0.0215 e. The largest absolute Gasteiger partial charge is 0.0651 e. The summed E-state index contributed by atoms with van der Waals surface area (Å²) >= 11 is 0. The maximum Gasteiger partial charge on any atom is -0.0215 e. The van der Waals surface area contributed by atoms with Crippen molar-refractivity contribution >= 4 is 0 Å². The van der Waals surface area contributed by atoms with Gasteiger partial charge in [0.05, 0.1) is 0 Å². The van der Waals surface area contributed by atoms with E-state index in [1.807, 2.05) is 0 Å². The van der Waals surface area contributed by atoms with E-state index in [2.05, 4.69) is 41.5 Å². The third-order valence-corrected chi connectivity index (χ3v) is 4.51. The molecule has 1 aliphatic carbocycles. The van der Waals surface area contributed by atoms with Crippen LogP contribution in [0, 0.1) is 22.7 Å². The molecule has 11 heavy (non-hydrogen) atoms. The fourth-order valence-corrected chi connectivity index (χ4v) is 3.22. The first kappa shape index (κ1) is 9.09. The van der Waals surface area contributed by atoms with Crippen LogP contribution in [0.2, 0.25) is 0 Å². The summed E-state index contributed by atoms with van der Waals surface area (Å²) in [5, 5.41) is 0. The van der Waals surface area contributed by atoms with Crippen molar-refractivity contribution in [3.8, 4) is 0 Å². The minimum atomic E-state index is 0.593. The van der Waals surface area contributed by atoms with Crippen LogP contribution in [0.4, 0.5) is 0 Å². The topological polar surface area (TPSA) is 0 Å². The molecule has 0 nitrogen and oxygen atoms in total. The van der Waals surface area contributed by atoms with Crippen LogP contribution in [0.15, 0.2) is 0 Å². The van der Waals surface area contributed by atoms with Crippen LogP contribution in [0.3, 0.4) is 0 Å². The van der Waals surface area contributed by atoms with Gasteiger partial charge < -0.3 is 0 Å². The van der Waals surface area contributed by atoms with Crippen LogP contribution < -0.4 is 0 Å². The molecule has 1 aliphatic rings. The average Bonchev–Trinajstić information content (AvgIpc) is 2.29. The van der Waals surface area contributed by atoms with Gasteiger partial charge in [0.15, 0.2) is 0 Å². The molecular formula is C11H22. The maximum absolute atomic E-state index is 2.45. The molecule has 1 saturated carbocycles. The summed E-state index contributed by atoms with van der Waals surface area (Å²) in [6.07, 6.45) is 1.35. The van der Waals surface area contributed by atoms with Gasteiger partial charge in [-0.1, -0.05) is 48.0 Å². The van der Waals surface area contributed by atoms with Gasteiger partial charge in [0.1, 0.15) is 0 Å². The van der Waals surface area contributed by atoms with Gasteiger partial charge in [-0.15, -0.1) is 0 Å². The molecule has 0 radical (unpaired) electrons. The monoisotopic (exact) mass is 154 g/mol. The van der Waals surface area contributed by atoms with Gasteiger partial charge in [-0.25, -0.2) is 0 Å². The Hall–Kier alpha value is 0. The second-order valence-corrected chi connectivity index (χ2v) is 5.12. The van der Waals surface area contributed by atoms with Gasteiger partial charge >= 0.3 is 0 Å². The molecule has 1 rings (SSSR count). The predicted molar refractivity (Wildman–Crippen MR) is 50.5 cm³/mol. The van der Waals surface area contributed by atoms with Crippen molar-refractivity contribution in [3.63, 3.8) is 0 Å². The highest BCUT2D eigenvalue weighted by molar-refractivity contribution is 5.15. The van der Waals surface area contributed by atoms with Crippen LogP contribution in [0.1, 0.15) is 48.0 Å². The third kappa shape index (κ3) is 0.878. The van der Waals surface area contributed by atoms with Crippen molar-refractivity contribution in [2.75, 3.05) is 0 Å². The van der Waals surface area contributed by atoms with Gasteiger partial charge in [0.25, 0.3) is 0 Å². The Kier molecular flexibility index (Phi) is 1.85. The Bertz CT molecular complexity index is 155. The second-order valence-electron chi connectivity index (χ2n) is 5.12. The van der Waals surface area contributed by atoms with Crippen LogP contribution in [0.25, 0.3) is 0 Å². The first-order valence-electron chi connectivity index (χ1n) is 4.89. The van der Waals surface area contributed by atoms with Crippen LogP contribution >= 0.6 is 0 Å². The summed E-state index contributed by atoms with van der Waals surface area (Å²) in [6.45, 7) is 14.3. The van der Waals surface area contributed by atoms with Crippen molar-refractivity contribution < 1.29 is 0 Å². The van der Waals surface area contributed by atoms with Crippen molar-refractivity contribution in [3.05, 3.63) is 0 Å². The zero-order chi connectivity index (χ0) is 8.86. The van der Waals surface area contributed by atoms with Crippen LogP contribution in [0.5, 0.6) is 0 Å². The van der Waals surface area contributed by atoms with Gasteiger partial charge in [-0.2, -0.15) is 0 Å². The summed E-state index contributed by atoms with van der Waals surface area (Å²) in [5.74, 6) is 1.79. The highest BCUT2D eigenvalue weighted by Crippen LogP contribution is 2.73. The molecule has 66 valence electrons. The molecule has 0 spiro atoms. The van der Waals surface area contributed by atoms with E-state index in [1.165, 1.54) is 6.42 Å². The Labute approximate surface area is 71.4 Å². The Morgan fingerprint density at radius 2 is 1.64 bits per heavy atom. The first-order valence-corrected chi connectivity index (χ1v) is 4.89. The van der Waals surface area contributed by atoms with Crippen molar-refractivity contribution in [1.29, 1.82) is 0 Å². The zero-order valence-corrected chi connectivity index (χ0v) is 8.86. The van der Waals surface area contributed by atoms with E-state index >= 15 is 0 Å². The molecule has 0 bridgehead atoms. The predicted octanol–water partition coefficient (Wildman–Crippen LogP) is 3.71. The average molecular weight is 154 g/mol. The molecule has 0 aliphatic heterocycles. The van der Waals surface area contributed by atoms with E-state index in [-0.39, 0.29) is 0 Å². The SMILES string of the molecule is CCC1C(C)(C)C1(C)C(C)C. The Morgan fingerprint density at radius 1 is 1.18 bits per heavy atom. The fraction of sp³-hybridized carbons (Fsp3) is 1.00. The van der Waals surface area contributed by atoms with Crippen molar-refractivity contribution in [1.82, 2.24) is 0 Å². The molecule has 0 N–H and O–H groups in total. The summed E-state index contributed by atoms with van der Waals surface area (Å²) in [4.78, 5) is 0. The number of hydrogen-bond acceptors (Lipinski definition) is 0. The molecule has 0 saturated heterocycles. The van der Waals surface area contributed by atoms with Crippen molar-refractivity contribution in [2.24, 2.45) is 22.7 Å². The maximum atomic E-state index is 2.45. The molecule has 0 heteroatoms. The Morgan fingerprint density at radius 3 is 1.73 bits per heavy atom. The highest BCUT2D eigenvalue weighted by atomic mass is 14.7. The lowest BCUT2D eigenvalue weighted by molar-refractivity contribution is 0.302. The lowest BCUT2D eigenvalue weighted by Gasteiger charge is -2.19. The molecule has 0 amide bonds. The summed E-state index contributed by atoms with van der Waals surface area (Å²) < 4.78 is 0. The molecule has 2 atom stereocenters. The first-order chi connectivity index (χ1) is 4.89. The summed E-state index contributed by atoms with van der Waals surface area (Å²) in [7, 11) is 0. The standard InChI is InChI=1S/C11H22/c1-7-9-10(4,5)11(9,6)8(2)3/h8-9H,7H2,1-6H3. The van der Waals surface area contributed by atoms with E-state index < -0.39 is 0 Å². The molecule has 0 aromatic heterocycles. The summed E-state index contributed by atoms with van der Waals surface area (Å²) in [5.41, 5.74) is 1.21. The quantitative estimate of drug-likeness (QED) is 0.568. The van der Waals surface area contributed by atoms with Crippen molar-refractivity contribution in [2.45, 2.75) is 48.0 Å².